The quantitative estimate of drug-likeness (QED) is 0.110. The van der Waals surface area contributed by atoms with Crippen LogP contribution in [0.25, 0.3) is 11.0 Å². The number of aliphatic imine (C=N–C) groups is 1. The number of nitrogens with one attached hydrogen (secondary N) is 1. The Morgan fingerprint density at radius 1 is 0.846 bits per heavy atom. The second kappa shape index (κ2) is 15.8. The van der Waals surface area contributed by atoms with Crippen LogP contribution >= 0.6 is 0 Å². The summed E-state index contributed by atoms with van der Waals surface area (Å²) in [5.41, 5.74) is 9.47. The molecule has 0 aliphatic carbocycles. The Morgan fingerprint density at radius 2 is 1.42 bits per heavy atom. The van der Waals surface area contributed by atoms with Crippen LogP contribution < -0.4 is 16.9 Å². The van der Waals surface area contributed by atoms with Crippen LogP contribution in [0.2, 0.25) is 0 Å². The van der Waals surface area contributed by atoms with Gasteiger partial charge >= 0.3 is 11.2 Å². The third-order valence-electron chi connectivity index (χ3n) is 8.56. The average Bonchev–Trinajstić information content (AvgIpc) is 3.70. The zero-order valence-corrected chi connectivity index (χ0v) is 30.5. The summed E-state index contributed by atoms with van der Waals surface area (Å²) in [4.78, 5) is 47.0. The van der Waals surface area contributed by atoms with Crippen molar-refractivity contribution in [1.29, 1.82) is 0 Å². The lowest BCUT2D eigenvalue weighted by molar-refractivity contribution is -0.386. The number of benzene rings is 2. The molecule has 276 valence electrons. The van der Waals surface area contributed by atoms with E-state index in [1.165, 1.54) is 27.5 Å². The Morgan fingerprint density at radius 3 is 2.06 bits per heavy atom. The van der Waals surface area contributed by atoms with Crippen molar-refractivity contribution in [2.75, 3.05) is 12.8 Å². The van der Waals surface area contributed by atoms with Gasteiger partial charge in [0.15, 0.2) is 0 Å². The molecule has 0 bridgehead atoms. The fourth-order valence-corrected chi connectivity index (χ4v) is 5.78. The summed E-state index contributed by atoms with van der Waals surface area (Å²) in [6.07, 6.45) is 2.45. The number of anilines is 1. The Labute approximate surface area is 301 Å². The highest BCUT2D eigenvalue weighted by Gasteiger charge is 2.29. The summed E-state index contributed by atoms with van der Waals surface area (Å²) < 4.78 is 2.80. The van der Waals surface area contributed by atoms with Gasteiger partial charge in [-0.05, 0) is 40.7 Å². The molecule has 1 aliphatic heterocycles. The molecule has 6 rings (SSSR count). The molecule has 5 aromatic rings. The van der Waals surface area contributed by atoms with Gasteiger partial charge in [-0.15, -0.1) is 0 Å². The maximum Gasteiger partial charge on any atom is 0.334 e. The van der Waals surface area contributed by atoms with E-state index in [1.807, 2.05) is 77.9 Å². The number of nitrogens with zero attached hydrogens (tertiary/aromatic N) is 5. The number of pyridine rings is 2. The number of nitro groups is 1. The van der Waals surface area contributed by atoms with Crippen LogP contribution in [0.4, 0.5) is 17.1 Å². The van der Waals surface area contributed by atoms with Crippen LogP contribution in [-0.4, -0.2) is 52.2 Å². The molecule has 0 saturated heterocycles. The van der Waals surface area contributed by atoms with Crippen LogP contribution in [0.3, 0.4) is 0 Å². The predicted octanol–water partition coefficient (Wildman–Crippen LogP) is 5.21. The minimum atomic E-state index is -0.679. The molecule has 4 heterocycles. The van der Waals surface area contributed by atoms with Crippen molar-refractivity contribution in [3.05, 3.63) is 126 Å². The van der Waals surface area contributed by atoms with E-state index >= 15 is 0 Å². The Kier molecular flexibility index (Phi) is 12.0. The van der Waals surface area contributed by atoms with E-state index in [0.29, 0.717) is 18.8 Å². The van der Waals surface area contributed by atoms with Crippen molar-refractivity contribution in [3.8, 4) is 0 Å². The van der Waals surface area contributed by atoms with E-state index in [1.54, 1.807) is 18.3 Å². The first-order valence-electron chi connectivity index (χ1n) is 16.7. The monoisotopic (exact) mass is 713 g/mol. The smallest absolute Gasteiger partial charge is 0.334 e. The topological polar surface area (TPSA) is 215 Å². The number of fused-ring (bicyclic) bond motifs is 2. The lowest BCUT2D eigenvalue weighted by Crippen LogP contribution is -2.25. The highest BCUT2D eigenvalue weighted by molar-refractivity contribution is 5.94. The minimum Gasteiger partial charge on any atom is -0.400 e. The van der Waals surface area contributed by atoms with Crippen molar-refractivity contribution in [2.24, 2.45) is 15.8 Å². The molecule has 0 spiro atoms. The molecule has 6 N–H and O–H groups in total. The van der Waals surface area contributed by atoms with Crippen LogP contribution in [0.15, 0.2) is 87.6 Å². The molecule has 14 nitrogen and oxygen atoms in total. The van der Waals surface area contributed by atoms with Crippen molar-refractivity contribution >= 4 is 33.8 Å². The number of para-hydroxylation sites is 2. The minimum absolute atomic E-state index is 0.181. The molecule has 0 fully saturated rings. The molecule has 0 radical (unpaired) electrons. The van der Waals surface area contributed by atoms with E-state index < -0.39 is 28.4 Å². The molecule has 0 amide bonds. The fourth-order valence-electron chi connectivity index (χ4n) is 5.78. The number of rotatable bonds is 7. The summed E-state index contributed by atoms with van der Waals surface area (Å²) >= 11 is 0. The normalized spacial score (nSPS) is 13.6. The third kappa shape index (κ3) is 8.70. The number of aromatic amines is 1. The first kappa shape index (κ1) is 39.3. The molecule has 1 aliphatic rings. The molecule has 2 atom stereocenters. The molecular weight excluding hydrogens is 666 g/mol. The Balaban J connectivity index is 0.000000223. The number of imidazole rings is 1. The number of hydrogen-bond acceptors (Lipinski definition) is 10. The van der Waals surface area contributed by atoms with Gasteiger partial charge in [-0.1, -0.05) is 71.9 Å². The maximum absolute atomic E-state index is 12.2. The van der Waals surface area contributed by atoms with Crippen molar-refractivity contribution in [2.45, 2.75) is 73.3 Å². The second-order valence-electron chi connectivity index (χ2n) is 14.7. The van der Waals surface area contributed by atoms with Crippen LogP contribution in [0, 0.1) is 20.9 Å². The summed E-state index contributed by atoms with van der Waals surface area (Å²) in [7, 11) is 1.00. The van der Waals surface area contributed by atoms with Crippen molar-refractivity contribution in [3.63, 3.8) is 0 Å². The van der Waals surface area contributed by atoms with Gasteiger partial charge in [0.05, 0.1) is 52.6 Å². The van der Waals surface area contributed by atoms with E-state index in [9.17, 15) is 29.9 Å². The standard InChI is InChI=1S/C19H21N3O4.C18H22N4O2.CH4O/c1-19(2,3)17(23)14-7-4-6-12-10-13(20-16(12)14)11-21-9-5-8-15(18(21)24)22(25)26;1-18(2,3)16(23)11-6-4-8-13-15(11)21-14(20-13)10-22-9-5-7-12(19)17(22)24;1-2/h4-9,17,23H,10-11H2,1-3H3;4-9,16,23H,10,19H2,1-3H3,(H,20,21);2H,1H3. The summed E-state index contributed by atoms with van der Waals surface area (Å²) in [6, 6.07) is 17.4. The van der Waals surface area contributed by atoms with E-state index in [2.05, 4.69) is 15.0 Å². The van der Waals surface area contributed by atoms with Gasteiger partial charge in [-0.2, -0.15) is 0 Å². The van der Waals surface area contributed by atoms with Gasteiger partial charge in [0.2, 0.25) is 0 Å². The number of aliphatic hydroxyl groups is 3. The van der Waals surface area contributed by atoms with Gasteiger partial charge < -0.3 is 35.2 Å². The highest BCUT2D eigenvalue weighted by atomic mass is 16.6. The van der Waals surface area contributed by atoms with Crippen molar-refractivity contribution in [1.82, 2.24) is 19.1 Å². The van der Waals surface area contributed by atoms with Crippen LogP contribution in [-0.2, 0) is 19.5 Å². The number of aromatic nitrogens is 4. The van der Waals surface area contributed by atoms with E-state index in [-0.39, 0.29) is 28.6 Å². The molecule has 0 saturated carbocycles. The van der Waals surface area contributed by atoms with Crippen LogP contribution in [0.5, 0.6) is 0 Å². The van der Waals surface area contributed by atoms with Gasteiger partial charge in [-0.3, -0.25) is 24.7 Å². The maximum atomic E-state index is 12.2. The number of hydrogen-bond donors (Lipinski definition) is 5. The number of H-pyrrole nitrogens is 1. The molecule has 2 unspecified atom stereocenters. The van der Waals surface area contributed by atoms with E-state index in [0.717, 1.165) is 46.2 Å². The first-order valence-corrected chi connectivity index (χ1v) is 16.7. The first-order chi connectivity index (χ1) is 24.5. The summed E-state index contributed by atoms with van der Waals surface area (Å²) in [6.45, 7) is 12.3. The van der Waals surface area contributed by atoms with Gasteiger partial charge in [0, 0.05) is 48.8 Å². The average molecular weight is 714 g/mol. The molecule has 52 heavy (non-hydrogen) atoms. The number of nitrogen functional groups attached to an aromatic ring is 1. The number of nitrogens with two attached hydrogens (primary N) is 1. The highest BCUT2D eigenvalue weighted by Crippen LogP contribution is 2.41. The fraction of sp³-hybridized carbons (Fsp3) is 0.368. The van der Waals surface area contributed by atoms with Crippen LogP contribution in [0.1, 0.15) is 76.3 Å². The molecule has 2 aromatic carbocycles. The SMILES string of the molecule is CC(C)(C)C(O)c1cccc2[nH]c(Cn3cccc(N)c3=O)nc12.CC(C)(C)C(O)c1cccc2c1N=C(Cn1cccc([N+](=O)[O-])c1=O)C2.CO. The van der Waals surface area contributed by atoms with E-state index in [4.69, 9.17) is 10.8 Å². The second-order valence-corrected chi connectivity index (χ2v) is 14.7. The number of aliphatic hydroxyl groups excluding tert-OH is 3. The van der Waals surface area contributed by atoms with Gasteiger partial charge in [-0.25, -0.2) is 4.98 Å². The third-order valence-corrected chi connectivity index (χ3v) is 8.56. The summed E-state index contributed by atoms with van der Waals surface area (Å²) in [5.74, 6) is 0.645. The molecule has 3 aromatic heterocycles. The lowest BCUT2D eigenvalue weighted by Gasteiger charge is -2.27. The Hall–Kier alpha value is -5.44. The Bertz CT molecular complexity index is 2200. The zero-order chi connectivity index (χ0) is 38.5. The van der Waals surface area contributed by atoms with Gasteiger partial charge in [0.25, 0.3) is 5.56 Å². The van der Waals surface area contributed by atoms with Gasteiger partial charge in [0.1, 0.15) is 5.82 Å². The lowest BCUT2D eigenvalue weighted by atomic mass is 9.83. The predicted molar refractivity (Wildman–Crippen MR) is 202 cm³/mol. The molecular formula is C38H47N7O7. The van der Waals surface area contributed by atoms with Crippen molar-refractivity contribution < 1.29 is 20.2 Å². The zero-order valence-electron chi connectivity index (χ0n) is 30.5. The summed E-state index contributed by atoms with van der Waals surface area (Å²) in [5, 5.41) is 39.2. The largest absolute Gasteiger partial charge is 0.400 e. The molecule has 14 heteroatoms.